The third-order valence-electron chi connectivity index (χ3n) is 3.14. The minimum atomic E-state index is -0.496. The molecule has 0 aliphatic rings. The van der Waals surface area contributed by atoms with Crippen LogP contribution in [0.4, 0.5) is 4.79 Å². The number of carbonyl (C=O) groups is 1. The first-order valence-corrected chi connectivity index (χ1v) is 9.44. The lowest BCUT2D eigenvalue weighted by Crippen LogP contribution is -2.42. The molecule has 0 aromatic heterocycles. The van der Waals surface area contributed by atoms with Crippen molar-refractivity contribution in [2.45, 2.75) is 59.8 Å². The summed E-state index contributed by atoms with van der Waals surface area (Å²) in [5.74, 6) is 1.56. The molecule has 7 nitrogen and oxygen atoms in total. The fourth-order valence-corrected chi connectivity index (χ4v) is 2.12. The zero-order valence-electron chi connectivity index (χ0n) is 17.8. The number of aliphatic imine (C=N–C) groups is 1. The van der Waals surface area contributed by atoms with Crippen LogP contribution in [0.1, 0.15) is 47.1 Å². The molecule has 160 valence electrons. The van der Waals surface area contributed by atoms with Crippen LogP contribution in [0.15, 0.2) is 29.3 Å². The first kappa shape index (κ1) is 26.3. The molecule has 1 aromatic rings. The maximum absolute atomic E-state index is 11.6. The molecule has 8 heteroatoms. The van der Waals surface area contributed by atoms with E-state index in [4.69, 9.17) is 9.47 Å². The van der Waals surface area contributed by atoms with Crippen LogP contribution >= 0.6 is 24.0 Å². The second kappa shape index (κ2) is 13.5. The number of halogens is 1. The number of hydrogen-bond donors (Lipinski definition) is 3. The highest BCUT2D eigenvalue weighted by Crippen LogP contribution is 2.14. The van der Waals surface area contributed by atoms with Gasteiger partial charge in [0.2, 0.25) is 0 Å². The van der Waals surface area contributed by atoms with E-state index in [1.165, 1.54) is 0 Å². The molecule has 0 heterocycles. The van der Waals surface area contributed by atoms with E-state index >= 15 is 0 Å². The normalized spacial score (nSPS) is 11.5. The van der Waals surface area contributed by atoms with Crippen LogP contribution < -0.4 is 20.7 Å². The fraction of sp³-hybridized carbons (Fsp3) is 0.600. The Morgan fingerprint density at radius 2 is 1.68 bits per heavy atom. The predicted molar refractivity (Wildman–Crippen MR) is 125 cm³/mol. The highest BCUT2D eigenvalue weighted by Gasteiger charge is 2.15. The van der Waals surface area contributed by atoms with E-state index in [-0.39, 0.29) is 30.1 Å². The van der Waals surface area contributed by atoms with Crippen molar-refractivity contribution in [2.24, 2.45) is 4.99 Å². The van der Waals surface area contributed by atoms with E-state index in [2.05, 4.69) is 20.9 Å². The smallest absolute Gasteiger partial charge is 0.407 e. The Labute approximate surface area is 186 Å². The Hall–Kier alpha value is -1.71. The molecular formula is C20H35IN4O3. The summed E-state index contributed by atoms with van der Waals surface area (Å²) in [6.07, 6.45) is -0.261. The minimum Gasteiger partial charge on any atom is -0.491 e. The predicted octanol–water partition coefficient (Wildman–Crippen LogP) is 3.67. The zero-order valence-corrected chi connectivity index (χ0v) is 20.1. The van der Waals surface area contributed by atoms with Crippen LogP contribution in [-0.4, -0.2) is 43.4 Å². The molecule has 3 N–H and O–H groups in total. The second-order valence-electron chi connectivity index (χ2n) is 7.36. The molecule has 0 atom stereocenters. The van der Waals surface area contributed by atoms with Gasteiger partial charge in [0.1, 0.15) is 11.4 Å². The Morgan fingerprint density at radius 1 is 1.07 bits per heavy atom. The van der Waals surface area contributed by atoms with Crippen LogP contribution in [0.5, 0.6) is 5.75 Å². The SMILES string of the molecule is CCNC(=NCc1ccc(OC(C)C)cc1)NCCNC(=O)OC(C)(C)C.I. The van der Waals surface area contributed by atoms with Crippen LogP contribution in [0, 0.1) is 0 Å². The molecule has 1 amide bonds. The molecule has 1 rings (SSSR count). The summed E-state index contributed by atoms with van der Waals surface area (Å²) in [5, 5.41) is 9.09. The van der Waals surface area contributed by atoms with Crippen molar-refractivity contribution < 1.29 is 14.3 Å². The van der Waals surface area contributed by atoms with Crippen LogP contribution in [0.3, 0.4) is 0 Å². The standard InChI is InChI=1S/C20H34N4O3.HI/c1-7-21-18(22-12-13-23-19(25)27-20(4,5)6)24-14-16-8-10-17(11-9-16)26-15(2)3;/h8-11,15H,7,12-14H2,1-6H3,(H,23,25)(H2,21,22,24);1H. The largest absolute Gasteiger partial charge is 0.491 e. The van der Waals surface area contributed by atoms with E-state index < -0.39 is 11.7 Å². The van der Waals surface area contributed by atoms with Crippen molar-refractivity contribution in [3.63, 3.8) is 0 Å². The maximum Gasteiger partial charge on any atom is 0.407 e. The fourth-order valence-electron chi connectivity index (χ4n) is 2.12. The molecule has 1 aromatic carbocycles. The molecule has 0 spiro atoms. The summed E-state index contributed by atoms with van der Waals surface area (Å²) < 4.78 is 10.8. The summed E-state index contributed by atoms with van der Waals surface area (Å²) in [4.78, 5) is 16.2. The summed E-state index contributed by atoms with van der Waals surface area (Å²) in [7, 11) is 0. The van der Waals surface area contributed by atoms with Gasteiger partial charge in [0, 0.05) is 19.6 Å². The molecule has 0 saturated heterocycles. The number of guanidine groups is 1. The van der Waals surface area contributed by atoms with Crippen LogP contribution in [0.2, 0.25) is 0 Å². The Kier molecular flexibility index (Phi) is 12.6. The highest BCUT2D eigenvalue weighted by atomic mass is 127. The average Bonchev–Trinajstić information content (AvgIpc) is 2.55. The summed E-state index contributed by atoms with van der Waals surface area (Å²) in [6, 6.07) is 7.93. The number of rotatable bonds is 8. The van der Waals surface area contributed by atoms with E-state index in [1.807, 2.05) is 65.8 Å². The van der Waals surface area contributed by atoms with Gasteiger partial charge in [0.15, 0.2) is 5.96 Å². The van der Waals surface area contributed by atoms with Gasteiger partial charge in [-0.1, -0.05) is 12.1 Å². The number of alkyl carbamates (subject to hydrolysis) is 1. The van der Waals surface area contributed by atoms with Crippen molar-refractivity contribution in [2.75, 3.05) is 19.6 Å². The zero-order chi connectivity index (χ0) is 20.3. The molecule has 0 saturated carbocycles. The molecular weight excluding hydrogens is 471 g/mol. The molecule has 0 radical (unpaired) electrons. The van der Waals surface area contributed by atoms with Crippen molar-refractivity contribution >= 4 is 36.0 Å². The van der Waals surface area contributed by atoms with Gasteiger partial charge in [-0.2, -0.15) is 0 Å². The molecule has 0 unspecified atom stereocenters. The van der Waals surface area contributed by atoms with E-state index in [0.29, 0.717) is 25.6 Å². The van der Waals surface area contributed by atoms with E-state index in [1.54, 1.807) is 0 Å². The van der Waals surface area contributed by atoms with Crippen molar-refractivity contribution in [3.8, 4) is 5.75 Å². The van der Waals surface area contributed by atoms with Crippen LogP contribution in [0.25, 0.3) is 0 Å². The van der Waals surface area contributed by atoms with Gasteiger partial charge < -0.3 is 25.4 Å². The summed E-state index contributed by atoms with van der Waals surface area (Å²) in [6.45, 7) is 13.8. The Balaban J connectivity index is 0.00000729. The maximum atomic E-state index is 11.6. The molecule has 0 fully saturated rings. The number of amides is 1. The van der Waals surface area contributed by atoms with Gasteiger partial charge in [-0.3, -0.25) is 0 Å². The van der Waals surface area contributed by atoms with Gasteiger partial charge in [-0.15, -0.1) is 24.0 Å². The number of nitrogens with zero attached hydrogens (tertiary/aromatic N) is 1. The molecule has 0 aliphatic carbocycles. The average molecular weight is 506 g/mol. The van der Waals surface area contributed by atoms with Crippen molar-refractivity contribution in [1.82, 2.24) is 16.0 Å². The topological polar surface area (TPSA) is 84.0 Å². The summed E-state index contributed by atoms with van der Waals surface area (Å²) in [5.41, 5.74) is 0.596. The molecule has 28 heavy (non-hydrogen) atoms. The molecule has 0 aliphatic heterocycles. The van der Waals surface area contributed by atoms with E-state index in [0.717, 1.165) is 17.9 Å². The second-order valence-corrected chi connectivity index (χ2v) is 7.36. The van der Waals surface area contributed by atoms with Gasteiger partial charge in [-0.05, 0) is 59.2 Å². The van der Waals surface area contributed by atoms with Gasteiger partial charge in [0.25, 0.3) is 0 Å². The van der Waals surface area contributed by atoms with Gasteiger partial charge in [0.05, 0.1) is 12.6 Å². The lowest BCUT2D eigenvalue weighted by molar-refractivity contribution is 0.0529. The summed E-state index contributed by atoms with van der Waals surface area (Å²) >= 11 is 0. The quantitative estimate of drug-likeness (QED) is 0.217. The van der Waals surface area contributed by atoms with Crippen molar-refractivity contribution in [1.29, 1.82) is 0 Å². The monoisotopic (exact) mass is 506 g/mol. The number of nitrogens with one attached hydrogen (secondary N) is 3. The minimum absolute atomic E-state index is 0. The Bertz CT molecular complexity index is 598. The number of ether oxygens (including phenoxy) is 2. The number of carbonyl (C=O) groups excluding carboxylic acids is 1. The van der Waals surface area contributed by atoms with Gasteiger partial charge in [-0.25, -0.2) is 9.79 Å². The Morgan fingerprint density at radius 3 is 2.21 bits per heavy atom. The number of benzene rings is 1. The van der Waals surface area contributed by atoms with Gasteiger partial charge >= 0.3 is 6.09 Å². The highest BCUT2D eigenvalue weighted by molar-refractivity contribution is 14.0. The van der Waals surface area contributed by atoms with Crippen molar-refractivity contribution in [3.05, 3.63) is 29.8 Å². The van der Waals surface area contributed by atoms with Crippen LogP contribution in [-0.2, 0) is 11.3 Å². The molecule has 0 bridgehead atoms. The first-order chi connectivity index (χ1) is 12.7. The third kappa shape index (κ3) is 12.6. The lowest BCUT2D eigenvalue weighted by Gasteiger charge is -2.19. The number of hydrogen-bond acceptors (Lipinski definition) is 4. The van der Waals surface area contributed by atoms with E-state index in [9.17, 15) is 4.79 Å². The lowest BCUT2D eigenvalue weighted by atomic mass is 10.2. The third-order valence-corrected chi connectivity index (χ3v) is 3.14. The first-order valence-electron chi connectivity index (χ1n) is 9.44.